The first-order valence-corrected chi connectivity index (χ1v) is 15.3. The van der Waals surface area contributed by atoms with Crippen LogP contribution in [0.1, 0.15) is 75.2 Å². The molecule has 0 aliphatic heterocycles. The van der Waals surface area contributed by atoms with E-state index in [0.717, 1.165) is 32.1 Å². The predicted molar refractivity (Wildman–Crippen MR) is 171 cm³/mol. The molecule has 0 aliphatic carbocycles. The van der Waals surface area contributed by atoms with Crippen LogP contribution in [0.2, 0.25) is 0 Å². The number of carbonyl (C=O) groups excluding carboxylic acids is 1. The normalized spacial score (nSPS) is 12.0. The molecule has 10 heteroatoms. The number of ether oxygens (including phenoxy) is 2. The quantitative estimate of drug-likeness (QED) is 0.0356. The highest BCUT2D eigenvalue weighted by molar-refractivity contribution is 6.16. The van der Waals surface area contributed by atoms with Gasteiger partial charge in [-0.05, 0) is 30.0 Å². The molecule has 0 bridgehead atoms. The molecule has 4 aromatic rings. The Labute approximate surface area is 261 Å². The van der Waals surface area contributed by atoms with Gasteiger partial charge in [-0.2, -0.15) is 0 Å². The van der Waals surface area contributed by atoms with Crippen molar-refractivity contribution in [2.24, 2.45) is 5.92 Å². The highest BCUT2D eigenvalue weighted by Crippen LogP contribution is 2.57. The number of rotatable bonds is 15. The van der Waals surface area contributed by atoms with Crippen molar-refractivity contribution in [2.75, 3.05) is 6.61 Å². The summed E-state index contributed by atoms with van der Waals surface area (Å²) in [5.41, 5.74) is 0.822. The van der Waals surface area contributed by atoms with Gasteiger partial charge in [-0.25, -0.2) is 4.79 Å². The Morgan fingerprint density at radius 2 is 1.27 bits per heavy atom. The first-order chi connectivity index (χ1) is 21.6. The molecule has 0 aliphatic rings. The number of amides is 1. The number of carbonyl (C=O) groups is 2. The number of phenols is 4. The lowest BCUT2D eigenvalue weighted by molar-refractivity contribution is -0.140. The molecule has 0 fully saturated rings. The molecule has 6 N–H and O–H groups in total. The van der Waals surface area contributed by atoms with Crippen LogP contribution in [0.3, 0.4) is 0 Å². The number of nitrogens with one attached hydrogen (secondary N) is 1. The third kappa shape index (κ3) is 7.28. The van der Waals surface area contributed by atoms with Gasteiger partial charge in [0.1, 0.15) is 24.1 Å². The molecule has 240 valence electrons. The van der Waals surface area contributed by atoms with E-state index in [4.69, 9.17) is 9.47 Å². The van der Waals surface area contributed by atoms with E-state index in [-0.39, 0.29) is 58.5 Å². The van der Waals surface area contributed by atoms with Crippen molar-refractivity contribution in [1.29, 1.82) is 0 Å². The van der Waals surface area contributed by atoms with Crippen molar-refractivity contribution in [3.8, 4) is 34.5 Å². The van der Waals surface area contributed by atoms with Crippen LogP contribution in [-0.4, -0.2) is 50.1 Å². The van der Waals surface area contributed by atoms with Crippen LogP contribution in [0.4, 0.5) is 0 Å². The molecule has 0 heterocycles. The summed E-state index contributed by atoms with van der Waals surface area (Å²) in [7, 11) is 0. The van der Waals surface area contributed by atoms with Crippen LogP contribution in [0.5, 0.6) is 34.5 Å². The van der Waals surface area contributed by atoms with Gasteiger partial charge in [0.2, 0.25) is 11.5 Å². The summed E-state index contributed by atoms with van der Waals surface area (Å²) in [6.07, 6.45) is 6.09. The van der Waals surface area contributed by atoms with E-state index in [1.807, 2.05) is 0 Å². The Balaban J connectivity index is 1.64. The zero-order chi connectivity index (χ0) is 32.7. The molecule has 4 rings (SSSR count). The Bertz CT molecular complexity index is 1660. The summed E-state index contributed by atoms with van der Waals surface area (Å²) in [6, 6.07) is 11.8. The molecule has 1 amide bonds. The molecule has 0 saturated heterocycles. The van der Waals surface area contributed by atoms with E-state index >= 15 is 0 Å². The van der Waals surface area contributed by atoms with Crippen molar-refractivity contribution in [3.63, 3.8) is 0 Å². The largest absolute Gasteiger partial charge is 0.506 e. The van der Waals surface area contributed by atoms with Gasteiger partial charge < -0.3 is 40.3 Å². The van der Waals surface area contributed by atoms with Crippen LogP contribution in [-0.2, 0) is 11.4 Å². The minimum atomic E-state index is -1.13. The molecular formula is C35H41NO9. The number of phenolic OH excluding ortho intramolecular Hbond substituents is 4. The van der Waals surface area contributed by atoms with Crippen molar-refractivity contribution >= 4 is 33.4 Å². The fraction of sp³-hybridized carbons (Fsp3) is 0.371. The summed E-state index contributed by atoms with van der Waals surface area (Å²) < 4.78 is 11.9. The molecule has 0 saturated carbocycles. The van der Waals surface area contributed by atoms with Gasteiger partial charge in [-0.15, -0.1) is 0 Å². The number of unbranched alkanes of at least 4 members (excludes halogenated alkanes) is 5. The van der Waals surface area contributed by atoms with E-state index in [2.05, 4.69) is 12.2 Å². The highest BCUT2D eigenvalue weighted by atomic mass is 16.5. The fourth-order valence-electron chi connectivity index (χ4n) is 5.28. The molecule has 45 heavy (non-hydrogen) atoms. The number of carboxylic acids is 1. The standard InChI is InChI=1S/C35H41NO9/c1-4-5-6-7-8-11-18-44-32-25-26(29(38)24-13-10-9-12-23(24)28(25)37)33(31(40)30(32)39)45-19-21-14-16-22(17-15-21)34(41)36-27(20(2)3)35(42)43/h9-10,12-17,20,27,37-40H,4-8,11,18-19H2,1-3H3,(H,36,41)(H,42,43)/t27-/m0/s1. The first kappa shape index (κ1) is 33.0. The number of hydrogen-bond acceptors (Lipinski definition) is 8. The van der Waals surface area contributed by atoms with Crippen LogP contribution < -0.4 is 14.8 Å². The fourth-order valence-corrected chi connectivity index (χ4v) is 5.28. The minimum absolute atomic E-state index is 0.00707. The average molecular weight is 620 g/mol. The van der Waals surface area contributed by atoms with Crippen LogP contribution in [0, 0.1) is 5.92 Å². The smallest absolute Gasteiger partial charge is 0.326 e. The van der Waals surface area contributed by atoms with Gasteiger partial charge in [-0.1, -0.05) is 89.3 Å². The first-order valence-electron chi connectivity index (χ1n) is 15.3. The van der Waals surface area contributed by atoms with Gasteiger partial charge in [0.05, 0.1) is 17.4 Å². The lowest BCUT2D eigenvalue weighted by Gasteiger charge is -2.20. The summed E-state index contributed by atoms with van der Waals surface area (Å²) in [6.45, 7) is 5.63. The number of benzene rings is 4. The minimum Gasteiger partial charge on any atom is -0.506 e. The Hall–Kier alpha value is -4.86. The van der Waals surface area contributed by atoms with E-state index in [9.17, 15) is 35.1 Å². The second-order valence-electron chi connectivity index (χ2n) is 11.5. The van der Waals surface area contributed by atoms with Gasteiger partial charge in [-0.3, -0.25) is 4.79 Å². The number of aliphatic carboxylic acids is 1. The lowest BCUT2D eigenvalue weighted by Crippen LogP contribution is -2.44. The highest BCUT2D eigenvalue weighted by Gasteiger charge is 2.28. The maximum absolute atomic E-state index is 12.6. The average Bonchev–Trinajstić information content (AvgIpc) is 3.03. The number of carboxylic acid groups (broad SMARTS) is 1. The Morgan fingerprint density at radius 1 is 0.733 bits per heavy atom. The lowest BCUT2D eigenvalue weighted by atomic mass is 9.98. The third-order valence-electron chi connectivity index (χ3n) is 7.83. The molecule has 1 atom stereocenters. The van der Waals surface area contributed by atoms with E-state index < -0.39 is 29.4 Å². The van der Waals surface area contributed by atoms with Gasteiger partial charge in [0.25, 0.3) is 5.91 Å². The third-order valence-corrected chi connectivity index (χ3v) is 7.83. The maximum atomic E-state index is 12.6. The number of hydrogen-bond donors (Lipinski definition) is 6. The molecule has 0 aromatic heterocycles. The molecule has 0 unspecified atom stereocenters. The Morgan fingerprint density at radius 3 is 1.80 bits per heavy atom. The zero-order valence-corrected chi connectivity index (χ0v) is 25.8. The van der Waals surface area contributed by atoms with Crippen molar-refractivity contribution in [1.82, 2.24) is 5.32 Å². The van der Waals surface area contributed by atoms with Gasteiger partial charge in [0, 0.05) is 16.3 Å². The second kappa shape index (κ2) is 14.7. The van der Waals surface area contributed by atoms with Crippen LogP contribution in [0.15, 0.2) is 48.5 Å². The van der Waals surface area contributed by atoms with E-state index in [1.54, 1.807) is 50.2 Å². The number of aromatic hydroxyl groups is 4. The maximum Gasteiger partial charge on any atom is 0.326 e. The summed E-state index contributed by atoms with van der Waals surface area (Å²) in [5.74, 6) is -4.17. The van der Waals surface area contributed by atoms with Crippen molar-refractivity contribution in [3.05, 3.63) is 59.7 Å². The van der Waals surface area contributed by atoms with Gasteiger partial charge in [0.15, 0.2) is 11.5 Å². The monoisotopic (exact) mass is 619 g/mol. The SMILES string of the molecule is CCCCCCCCOc1c(O)c(O)c(OCc2ccc(C(=O)N[C@H](C(=O)O)C(C)C)cc2)c2c(O)c3ccccc3c(O)c12. The summed E-state index contributed by atoms with van der Waals surface area (Å²) >= 11 is 0. The Kier molecular flexibility index (Phi) is 10.8. The van der Waals surface area contributed by atoms with Crippen molar-refractivity contribution < 1.29 is 44.6 Å². The zero-order valence-electron chi connectivity index (χ0n) is 25.8. The van der Waals surface area contributed by atoms with Gasteiger partial charge >= 0.3 is 5.97 Å². The molecule has 0 spiro atoms. The van der Waals surface area contributed by atoms with E-state index in [0.29, 0.717) is 22.8 Å². The van der Waals surface area contributed by atoms with Crippen molar-refractivity contribution in [2.45, 2.75) is 71.9 Å². The number of fused-ring (bicyclic) bond motifs is 2. The molecule has 4 aromatic carbocycles. The molecule has 0 radical (unpaired) electrons. The van der Waals surface area contributed by atoms with Crippen LogP contribution >= 0.6 is 0 Å². The summed E-state index contributed by atoms with van der Waals surface area (Å²) in [5, 5.41) is 57.3. The van der Waals surface area contributed by atoms with Crippen LogP contribution in [0.25, 0.3) is 21.5 Å². The molecule has 10 nitrogen and oxygen atoms in total. The topological polar surface area (TPSA) is 166 Å². The van der Waals surface area contributed by atoms with E-state index in [1.165, 1.54) is 12.1 Å². The predicted octanol–water partition coefficient (Wildman–Crippen LogP) is 6.97. The molecular weight excluding hydrogens is 578 g/mol. The second-order valence-corrected chi connectivity index (χ2v) is 11.5. The summed E-state index contributed by atoms with van der Waals surface area (Å²) in [4.78, 5) is 24.1.